The summed E-state index contributed by atoms with van der Waals surface area (Å²) in [5.74, 6) is -0.0514. The number of hydrogen-bond acceptors (Lipinski definition) is 5. The summed E-state index contributed by atoms with van der Waals surface area (Å²) in [6, 6.07) is 11.2. The molecule has 0 saturated carbocycles. The van der Waals surface area contributed by atoms with E-state index in [9.17, 15) is 14.4 Å². The molecule has 148 valence electrons. The zero-order valence-electron chi connectivity index (χ0n) is 16.0. The Kier molecular flexibility index (Phi) is 7.38. The maximum atomic E-state index is 12.2. The summed E-state index contributed by atoms with van der Waals surface area (Å²) in [6.07, 6.45) is 0. The van der Waals surface area contributed by atoms with Gasteiger partial charge in [-0.3, -0.25) is 14.4 Å². The molecule has 0 heterocycles. The smallest absolute Gasteiger partial charge is 0.251 e. The van der Waals surface area contributed by atoms with Gasteiger partial charge >= 0.3 is 0 Å². The summed E-state index contributed by atoms with van der Waals surface area (Å²) < 4.78 is 10.3. The van der Waals surface area contributed by atoms with E-state index in [4.69, 9.17) is 9.47 Å². The molecule has 0 aliphatic heterocycles. The van der Waals surface area contributed by atoms with Crippen LogP contribution in [0, 0.1) is 0 Å². The van der Waals surface area contributed by atoms with Crippen LogP contribution < -0.4 is 25.4 Å². The molecule has 3 amide bonds. The minimum Gasteiger partial charge on any atom is -0.493 e. The summed E-state index contributed by atoms with van der Waals surface area (Å²) in [7, 11) is 2.98. The van der Waals surface area contributed by atoms with Gasteiger partial charge < -0.3 is 25.4 Å². The first-order valence-corrected chi connectivity index (χ1v) is 8.66. The van der Waals surface area contributed by atoms with Crippen LogP contribution in [0.5, 0.6) is 11.5 Å². The Morgan fingerprint density at radius 2 is 1.43 bits per heavy atom. The summed E-state index contributed by atoms with van der Waals surface area (Å²) in [5, 5.41) is 7.90. The van der Waals surface area contributed by atoms with Crippen LogP contribution in [-0.4, -0.2) is 45.0 Å². The number of rotatable bonds is 8. The standard InChI is InChI=1S/C20H23N3O5/c1-4-21-19(25)13-5-8-15(9-6-13)23-18(24)12-22-20(26)14-7-10-16(27-2)17(11-14)28-3/h5-11H,4,12H2,1-3H3,(H,21,25)(H,22,26)(H,23,24). The normalized spacial score (nSPS) is 9.96. The highest BCUT2D eigenvalue weighted by Gasteiger charge is 2.12. The fraction of sp³-hybridized carbons (Fsp3) is 0.250. The molecule has 0 saturated heterocycles. The number of carbonyl (C=O) groups is 3. The average molecular weight is 385 g/mol. The van der Waals surface area contributed by atoms with E-state index < -0.39 is 5.91 Å². The highest BCUT2D eigenvalue weighted by atomic mass is 16.5. The van der Waals surface area contributed by atoms with Crippen LogP contribution in [-0.2, 0) is 4.79 Å². The number of amides is 3. The van der Waals surface area contributed by atoms with Gasteiger partial charge in [0.1, 0.15) is 0 Å². The molecule has 0 bridgehead atoms. The quantitative estimate of drug-likeness (QED) is 0.643. The molecule has 8 heteroatoms. The van der Waals surface area contributed by atoms with Crippen molar-refractivity contribution in [1.29, 1.82) is 0 Å². The fourth-order valence-electron chi connectivity index (χ4n) is 2.41. The molecule has 0 atom stereocenters. The molecular formula is C20H23N3O5. The van der Waals surface area contributed by atoms with Crippen molar-refractivity contribution in [3.05, 3.63) is 53.6 Å². The van der Waals surface area contributed by atoms with Gasteiger partial charge in [0, 0.05) is 23.4 Å². The van der Waals surface area contributed by atoms with Crippen LogP contribution in [0.2, 0.25) is 0 Å². The van der Waals surface area contributed by atoms with Gasteiger partial charge in [-0.1, -0.05) is 0 Å². The molecule has 2 aromatic rings. The van der Waals surface area contributed by atoms with E-state index in [2.05, 4.69) is 16.0 Å². The van der Waals surface area contributed by atoms with Crippen LogP contribution >= 0.6 is 0 Å². The molecule has 0 radical (unpaired) electrons. The van der Waals surface area contributed by atoms with Gasteiger partial charge in [-0.25, -0.2) is 0 Å². The van der Waals surface area contributed by atoms with E-state index >= 15 is 0 Å². The predicted molar refractivity (Wildman–Crippen MR) is 105 cm³/mol. The molecule has 0 unspecified atom stereocenters. The van der Waals surface area contributed by atoms with Crippen LogP contribution in [0.1, 0.15) is 27.6 Å². The largest absolute Gasteiger partial charge is 0.493 e. The topological polar surface area (TPSA) is 106 Å². The van der Waals surface area contributed by atoms with E-state index in [1.807, 2.05) is 6.92 Å². The lowest BCUT2D eigenvalue weighted by atomic mass is 10.2. The molecule has 0 aliphatic carbocycles. The number of hydrogen-bond donors (Lipinski definition) is 3. The molecule has 2 aromatic carbocycles. The van der Waals surface area contributed by atoms with Gasteiger partial charge in [0.15, 0.2) is 11.5 Å². The Balaban J connectivity index is 1.90. The van der Waals surface area contributed by atoms with Crippen molar-refractivity contribution in [2.45, 2.75) is 6.92 Å². The van der Waals surface area contributed by atoms with Gasteiger partial charge in [-0.2, -0.15) is 0 Å². The zero-order valence-corrected chi connectivity index (χ0v) is 16.0. The van der Waals surface area contributed by atoms with Crippen molar-refractivity contribution < 1.29 is 23.9 Å². The molecule has 0 aliphatic rings. The lowest BCUT2D eigenvalue weighted by Gasteiger charge is -2.10. The van der Waals surface area contributed by atoms with E-state index in [0.29, 0.717) is 34.9 Å². The van der Waals surface area contributed by atoms with Crippen molar-refractivity contribution in [3.8, 4) is 11.5 Å². The molecule has 28 heavy (non-hydrogen) atoms. The fourth-order valence-corrected chi connectivity index (χ4v) is 2.41. The molecule has 0 fully saturated rings. The number of nitrogens with one attached hydrogen (secondary N) is 3. The predicted octanol–water partition coefficient (Wildman–Crippen LogP) is 1.82. The first-order valence-electron chi connectivity index (χ1n) is 8.66. The van der Waals surface area contributed by atoms with Gasteiger partial charge in [0.25, 0.3) is 11.8 Å². The Labute approximate surface area is 163 Å². The first kappa shape index (κ1) is 20.8. The number of benzene rings is 2. The minimum absolute atomic E-state index is 0.178. The third-order valence-electron chi connectivity index (χ3n) is 3.82. The summed E-state index contributed by atoms with van der Waals surface area (Å²) in [6.45, 7) is 2.17. The third kappa shape index (κ3) is 5.47. The second-order valence-electron chi connectivity index (χ2n) is 5.74. The molecule has 2 rings (SSSR count). The molecule has 3 N–H and O–H groups in total. The van der Waals surface area contributed by atoms with Crippen LogP contribution in [0.25, 0.3) is 0 Å². The lowest BCUT2D eigenvalue weighted by Crippen LogP contribution is -2.32. The minimum atomic E-state index is -0.414. The van der Waals surface area contributed by atoms with Gasteiger partial charge in [0.05, 0.1) is 20.8 Å². The van der Waals surface area contributed by atoms with Crippen LogP contribution in [0.4, 0.5) is 5.69 Å². The molecule has 0 aromatic heterocycles. The number of methoxy groups -OCH3 is 2. The summed E-state index contributed by atoms with van der Waals surface area (Å²) >= 11 is 0. The van der Waals surface area contributed by atoms with Crippen molar-refractivity contribution in [2.75, 3.05) is 32.6 Å². The van der Waals surface area contributed by atoms with Crippen molar-refractivity contribution in [1.82, 2.24) is 10.6 Å². The number of ether oxygens (including phenoxy) is 2. The molecule has 0 spiro atoms. The zero-order chi connectivity index (χ0) is 20.5. The van der Waals surface area contributed by atoms with E-state index in [0.717, 1.165) is 0 Å². The number of carbonyl (C=O) groups excluding carboxylic acids is 3. The van der Waals surface area contributed by atoms with Gasteiger partial charge in [-0.05, 0) is 49.4 Å². The van der Waals surface area contributed by atoms with Crippen molar-refractivity contribution in [2.24, 2.45) is 0 Å². The van der Waals surface area contributed by atoms with E-state index in [-0.39, 0.29) is 18.4 Å². The lowest BCUT2D eigenvalue weighted by molar-refractivity contribution is -0.115. The highest BCUT2D eigenvalue weighted by Crippen LogP contribution is 2.27. The second-order valence-corrected chi connectivity index (χ2v) is 5.74. The Bertz CT molecular complexity index is 849. The Hall–Kier alpha value is -3.55. The monoisotopic (exact) mass is 385 g/mol. The summed E-state index contributed by atoms with van der Waals surface area (Å²) in [5.41, 5.74) is 1.37. The molecular weight excluding hydrogens is 362 g/mol. The maximum absolute atomic E-state index is 12.2. The molecule has 8 nitrogen and oxygen atoms in total. The van der Waals surface area contributed by atoms with Crippen LogP contribution in [0.3, 0.4) is 0 Å². The Morgan fingerprint density at radius 1 is 0.821 bits per heavy atom. The van der Waals surface area contributed by atoms with Gasteiger partial charge in [-0.15, -0.1) is 0 Å². The summed E-state index contributed by atoms with van der Waals surface area (Å²) in [4.78, 5) is 36.0. The van der Waals surface area contributed by atoms with Crippen molar-refractivity contribution >= 4 is 23.4 Å². The average Bonchev–Trinajstić information content (AvgIpc) is 2.72. The van der Waals surface area contributed by atoms with E-state index in [1.165, 1.54) is 20.3 Å². The maximum Gasteiger partial charge on any atom is 0.251 e. The van der Waals surface area contributed by atoms with E-state index in [1.54, 1.807) is 36.4 Å². The Morgan fingerprint density at radius 3 is 2.04 bits per heavy atom. The highest BCUT2D eigenvalue weighted by molar-refractivity contribution is 6.00. The number of anilines is 1. The second kappa shape index (κ2) is 9.96. The van der Waals surface area contributed by atoms with Crippen molar-refractivity contribution in [3.63, 3.8) is 0 Å². The van der Waals surface area contributed by atoms with Gasteiger partial charge in [0.2, 0.25) is 5.91 Å². The van der Waals surface area contributed by atoms with Crippen LogP contribution in [0.15, 0.2) is 42.5 Å². The SMILES string of the molecule is CCNC(=O)c1ccc(NC(=O)CNC(=O)c2ccc(OC)c(OC)c2)cc1. The first-order chi connectivity index (χ1) is 13.5. The third-order valence-corrected chi connectivity index (χ3v) is 3.82.